The highest BCUT2D eigenvalue weighted by molar-refractivity contribution is 5.91. The van der Waals surface area contributed by atoms with Gasteiger partial charge in [0.2, 0.25) is 5.91 Å². The summed E-state index contributed by atoms with van der Waals surface area (Å²) in [5.74, 6) is -1.08. The molecule has 0 saturated heterocycles. The van der Waals surface area contributed by atoms with Crippen LogP contribution in [0.25, 0.3) is 0 Å². The number of benzene rings is 2. The highest BCUT2D eigenvalue weighted by Crippen LogP contribution is 2.28. The van der Waals surface area contributed by atoms with E-state index in [1.165, 1.54) is 27.0 Å². The minimum absolute atomic E-state index is 0.0227. The van der Waals surface area contributed by atoms with Gasteiger partial charge in [-0.15, -0.1) is 0 Å². The molecule has 2 aromatic rings. The Hall–Kier alpha value is -3.75. The SMILES string of the molecule is COC(=O)C(C)(C)NC(=O)C(Cc1ccc(OCc2ccccc2)c(O)c1)NC(=O)OC(C)(C)C. The zero-order valence-corrected chi connectivity index (χ0v) is 21.0. The van der Waals surface area contributed by atoms with Crippen molar-refractivity contribution >= 4 is 18.0 Å². The molecule has 0 bridgehead atoms. The van der Waals surface area contributed by atoms with Crippen LogP contribution in [-0.2, 0) is 32.1 Å². The predicted octanol–water partition coefficient (Wildman–Crippen LogP) is 3.47. The van der Waals surface area contributed by atoms with Crippen molar-refractivity contribution in [3.63, 3.8) is 0 Å². The summed E-state index contributed by atoms with van der Waals surface area (Å²) in [5, 5.41) is 15.6. The molecule has 190 valence electrons. The van der Waals surface area contributed by atoms with Gasteiger partial charge in [0.15, 0.2) is 11.5 Å². The van der Waals surface area contributed by atoms with Gasteiger partial charge in [-0.25, -0.2) is 9.59 Å². The number of carbonyl (C=O) groups is 3. The summed E-state index contributed by atoms with van der Waals surface area (Å²) in [7, 11) is 1.22. The van der Waals surface area contributed by atoms with Crippen molar-refractivity contribution in [1.29, 1.82) is 0 Å². The van der Waals surface area contributed by atoms with Crippen molar-refractivity contribution < 1.29 is 33.7 Å². The van der Waals surface area contributed by atoms with Gasteiger partial charge >= 0.3 is 12.1 Å². The Balaban J connectivity index is 2.17. The lowest BCUT2D eigenvalue weighted by Gasteiger charge is -2.28. The van der Waals surface area contributed by atoms with Gasteiger partial charge in [-0.3, -0.25) is 4.79 Å². The molecular formula is C26H34N2O7. The molecule has 2 rings (SSSR count). The van der Waals surface area contributed by atoms with Gasteiger partial charge in [0.25, 0.3) is 0 Å². The first kappa shape index (κ1) is 27.5. The van der Waals surface area contributed by atoms with Crippen LogP contribution in [0.2, 0.25) is 0 Å². The van der Waals surface area contributed by atoms with Crippen molar-refractivity contribution in [1.82, 2.24) is 10.6 Å². The zero-order valence-electron chi connectivity index (χ0n) is 21.0. The molecular weight excluding hydrogens is 452 g/mol. The third-order valence-electron chi connectivity index (χ3n) is 4.84. The van der Waals surface area contributed by atoms with Crippen LogP contribution in [0.4, 0.5) is 4.79 Å². The molecule has 0 aliphatic rings. The largest absolute Gasteiger partial charge is 0.504 e. The van der Waals surface area contributed by atoms with Crippen molar-refractivity contribution in [2.45, 2.75) is 64.8 Å². The molecule has 2 aromatic carbocycles. The lowest BCUT2D eigenvalue weighted by atomic mass is 10.0. The number of rotatable bonds is 9. The summed E-state index contributed by atoms with van der Waals surface area (Å²) in [6.07, 6.45) is -0.768. The minimum atomic E-state index is -1.32. The van der Waals surface area contributed by atoms with Gasteiger partial charge in [-0.05, 0) is 57.9 Å². The van der Waals surface area contributed by atoms with Crippen molar-refractivity contribution in [3.8, 4) is 11.5 Å². The Labute approximate surface area is 205 Å². The molecule has 0 aliphatic carbocycles. The summed E-state index contributed by atoms with van der Waals surface area (Å²) < 4.78 is 15.7. The molecule has 9 heteroatoms. The number of ether oxygens (including phenoxy) is 3. The number of hydrogen-bond acceptors (Lipinski definition) is 7. The Kier molecular flexibility index (Phi) is 9.11. The average Bonchev–Trinajstić information content (AvgIpc) is 2.76. The van der Waals surface area contributed by atoms with E-state index < -0.39 is 35.2 Å². The van der Waals surface area contributed by atoms with Crippen molar-refractivity contribution in [2.24, 2.45) is 0 Å². The number of phenolic OH excluding ortho intramolecular Hbond substituents is 1. The van der Waals surface area contributed by atoms with Gasteiger partial charge < -0.3 is 30.0 Å². The highest BCUT2D eigenvalue weighted by atomic mass is 16.6. The van der Waals surface area contributed by atoms with Crippen LogP contribution in [0.1, 0.15) is 45.7 Å². The average molecular weight is 487 g/mol. The summed E-state index contributed by atoms with van der Waals surface area (Å²) >= 11 is 0. The van der Waals surface area contributed by atoms with E-state index in [1.54, 1.807) is 32.9 Å². The lowest BCUT2D eigenvalue weighted by Crippen LogP contribution is -2.57. The Morgan fingerprint density at radius 3 is 2.20 bits per heavy atom. The summed E-state index contributed by atoms with van der Waals surface area (Å²) in [4.78, 5) is 37.4. The number of hydrogen-bond donors (Lipinski definition) is 3. The third kappa shape index (κ3) is 8.84. The molecule has 35 heavy (non-hydrogen) atoms. The molecule has 0 heterocycles. The van der Waals surface area contributed by atoms with E-state index >= 15 is 0 Å². The summed E-state index contributed by atoms with van der Waals surface area (Å²) in [5.41, 5.74) is -0.590. The first-order valence-electron chi connectivity index (χ1n) is 11.2. The maximum Gasteiger partial charge on any atom is 0.408 e. The zero-order chi connectivity index (χ0) is 26.2. The first-order valence-corrected chi connectivity index (χ1v) is 11.2. The molecule has 2 amide bonds. The fraction of sp³-hybridized carbons (Fsp3) is 0.423. The van der Waals surface area contributed by atoms with Gasteiger partial charge in [0.05, 0.1) is 7.11 Å². The first-order chi connectivity index (χ1) is 16.3. The number of esters is 1. The molecule has 1 unspecified atom stereocenters. The number of amides is 2. The summed E-state index contributed by atoms with van der Waals surface area (Å²) in [6, 6.07) is 13.2. The van der Waals surface area contributed by atoms with Gasteiger partial charge in [0.1, 0.15) is 23.8 Å². The number of phenols is 1. The van der Waals surface area contributed by atoms with Gasteiger partial charge in [-0.2, -0.15) is 0 Å². The van der Waals surface area contributed by atoms with E-state index in [4.69, 9.17) is 14.2 Å². The number of alkyl carbamates (subject to hydrolysis) is 1. The van der Waals surface area contributed by atoms with E-state index in [0.717, 1.165) is 5.56 Å². The normalized spacial score (nSPS) is 12.3. The van der Waals surface area contributed by atoms with Crippen molar-refractivity contribution in [2.75, 3.05) is 7.11 Å². The molecule has 0 radical (unpaired) electrons. The maximum absolute atomic E-state index is 13.0. The molecule has 0 aliphatic heterocycles. The number of carbonyl (C=O) groups excluding carboxylic acids is 3. The lowest BCUT2D eigenvalue weighted by molar-refractivity contribution is -0.149. The Morgan fingerprint density at radius 1 is 0.971 bits per heavy atom. The monoisotopic (exact) mass is 486 g/mol. The van der Waals surface area contributed by atoms with Crippen LogP contribution in [0.5, 0.6) is 11.5 Å². The molecule has 0 aromatic heterocycles. The topological polar surface area (TPSA) is 123 Å². The molecule has 0 fully saturated rings. The van der Waals surface area contributed by atoms with Gasteiger partial charge in [-0.1, -0.05) is 36.4 Å². The molecule has 9 nitrogen and oxygen atoms in total. The van der Waals surface area contributed by atoms with Crippen LogP contribution >= 0.6 is 0 Å². The molecule has 0 saturated carbocycles. The van der Waals surface area contributed by atoms with Crippen LogP contribution in [0.3, 0.4) is 0 Å². The summed E-state index contributed by atoms with van der Waals surface area (Å²) in [6.45, 7) is 8.37. The van der Waals surface area contributed by atoms with E-state index in [-0.39, 0.29) is 24.5 Å². The predicted molar refractivity (Wildman–Crippen MR) is 130 cm³/mol. The van der Waals surface area contributed by atoms with Crippen LogP contribution in [0, 0.1) is 0 Å². The van der Waals surface area contributed by atoms with Crippen LogP contribution in [0.15, 0.2) is 48.5 Å². The second kappa shape index (κ2) is 11.6. The van der Waals surface area contributed by atoms with E-state index in [2.05, 4.69) is 10.6 Å². The van der Waals surface area contributed by atoms with E-state index in [1.807, 2.05) is 30.3 Å². The number of methoxy groups -OCH3 is 1. The smallest absolute Gasteiger partial charge is 0.408 e. The fourth-order valence-electron chi connectivity index (χ4n) is 3.14. The molecule has 1 atom stereocenters. The number of aromatic hydroxyl groups is 1. The van der Waals surface area contributed by atoms with Gasteiger partial charge in [0, 0.05) is 6.42 Å². The third-order valence-corrected chi connectivity index (χ3v) is 4.84. The second-order valence-corrected chi connectivity index (χ2v) is 9.59. The van der Waals surface area contributed by atoms with E-state index in [0.29, 0.717) is 5.56 Å². The van der Waals surface area contributed by atoms with Crippen LogP contribution in [-0.4, -0.2) is 47.4 Å². The highest BCUT2D eigenvalue weighted by Gasteiger charge is 2.34. The second-order valence-electron chi connectivity index (χ2n) is 9.59. The minimum Gasteiger partial charge on any atom is -0.504 e. The fourth-order valence-corrected chi connectivity index (χ4v) is 3.14. The Bertz CT molecular complexity index is 1030. The van der Waals surface area contributed by atoms with Crippen molar-refractivity contribution in [3.05, 3.63) is 59.7 Å². The maximum atomic E-state index is 13.0. The molecule has 0 spiro atoms. The van der Waals surface area contributed by atoms with Crippen LogP contribution < -0.4 is 15.4 Å². The van der Waals surface area contributed by atoms with E-state index in [9.17, 15) is 19.5 Å². The Morgan fingerprint density at radius 2 is 1.63 bits per heavy atom. The number of nitrogens with one attached hydrogen (secondary N) is 2. The standard InChI is InChI=1S/C26H34N2O7/c1-25(2,3)35-24(32)27-19(22(30)28-26(4,5)23(31)33-6)14-18-12-13-21(20(29)15-18)34-16-17-10-8-7-9-11-17/h7-13,15,19,29H,14,16H2,1-6H3,(H,27,32)(H,28,30). The molecule has 3 N–H and O–H groups in total. The quantitative estimate of drug-likeness (QED) is 0.464.